The van der Waals surface area contributed by atoms with E-state index in [1.807, 2.05) is 30.5 Å². The topological polar surface area (TPSA) is 167 Å². The monoisotopic (exact) mass is 946 g/mol. The minimum absolute atomic E-state index is 0. The average molecular weight is 950 g/mol. The van der Waals surface area contributed by atoms with Gasteiger partial charge in [-0.3, -0.25) is 14.4 Å². The number of hydrogen-bond donors (Lipinski definition) is 4. The Labute approximate surface area is 349 Å². The lowest BCUT2D eigenvalue weighted by molar-refractivity contribution is -0.131. The standard InChI is InChI=1S/C17H13BrN2O3.C15H11BrN2O2.C7H5BrN2.3CH4/c1-9-12(4-3-5-15(9)23-10(2)21)16(22)14-8-20-17-13(14)6-11(18)7-19-17;1-8-10(3-2-4-13(8)19)14(20)12-7-18-15-11(12)5-9(16)6-17-15;8-6-3-5-1-2-9-7(5)10-4-6;;;/h3-8H,1-2H3,(H,19,20);2-7,19H,1H3,(H,17,18);1-4H,(H,9,10);3*1H4. The van der Waals surface area contributed by atoms with Gasteiger partial charge in [0.05, 0.1) is 0 Å². The number of halogens is 3. The van der Waals surface area contributed by atoms with E-state index >= 15 is 0 Å². The fraction of sp³-hybridized carbons (Fsp3) is 0.143. The van der Waals surface area contributed by atoms with Crippen LogP contribution in [0.3, 0.4) is 0 Å². The third-order valence-electron chi connectivity index (χ3n) is 8.18. The van der Waals surface area contributed by atoms with Crippen molar-refractivity contribution in [2.45, 2.75) is 43.1 Å². The van der Waals surface area contributed by atoms with E-state index in [-0.39, 0.29) is 39.6 Å². The zero-order chi connectivity index (χ0) is 37.8. The Balaban J connectivity index is 0.000000233. The Bertz CT molecular complexity index is 2670. The van der Waals surface area contributed by atoms with Gasteiger partial charge in [-0.15, -0.1) is 0 Å². The minimum atomic E-state index is -0.419. The van der Waals surface area contributed by atoms with Crippen LogP contribution in [-0.2, 0) is 4.79 Å². The number of phenolic OH excluding ortho intramolecular Hbond substituents is 1. The summed E-state index contributed by atoms with van der Waals surface area (Å²) in [5.74, 6) is -0.192. The SMILES string of the molecule is Brc1cnc2[nH]ccc2c1.C.C.C.CC(=O)Oc1cccc(C(=O)c2c[nH]c3ncc(Br)cc23)c1C.Cc1c(O)cccc1C(=O)c1c[nH]c2ncc(Br)cc12. The van der Waals surface area contributed by atoms with Crippen molar-refractivity contribution in [3.8, 4) is 11.5 Å². The van der Waals surface area contributed by atoms with Crippen LogP contribution in [-0.4, -0.2) is 52.5 Å². The van der Waals surface area contributed by atoms with Gasteiger partial charge < -0.3 is 24.8 Å². The average Bonchev–Trinajstić information content (AvgIpc) is 3.88. The lowest BCUT2D eigenvalue weighted by Gasteiger charge is -2.09. The maximum absolute atomic E-state index is 12.9. The van der Waals surface area contributed by atoms with Crippen LogP contribution in [0.25, 0.3) is 33.1 Å². The molecule has 0 amide bonds. The molecule has 0 spiro atoms. The number of nitrogens with one attached hydrogen (secondary N) is 3. The van der Waals surface area contributed by atoms with E-state index in [0.717, 1.165) is 35.2 Å². The van der Waals surface area contributed by atoms with Gasteiger partial charge in [0, 0.05) is 107 Å². The molecular formula is C42H41Br3N6O5. The number of ether oxygens (including phenoxy) is 1. The number of carbonyl (C=O) groups is 3. The molecule has 8 aromatic rings. The maximum Gasteiger partial charge on any atom is 0.308 e. The van der Waals surface area contributed by atoms with Crippen LogP contribution < -0.4 is 4.74 Å². The van der Waals surface area contributed by atoms with Crippen LogP contribution in [0.15, 0.2) is 111 Å². The molecule has 8 rings (SSSR count). The van der Waals surface area contributed by atoms with Gasteiger partial charge >= 0.3 is 5.97 Å². The number of H-pyrrole nitrogens is 3. The Kier molecular flexibility index (Phi) is 15.6. The molecule has 11 nitrogen and oxygen atoms in total. The first-order chi connectivity index (χ1) is 25.4. The summed E-state index contributed by atoms with van der Waals surface area (Å²) in [5.41, 5.74) is 5.50. The first-order valence-corrected chi connectivity index (χ1v) is 18.3. The molecule has 290 valence electrons. The Hall–Kier alpha value is -5.44. The second-order valence-corrected chi connectivity index (χ2v) is 14.5. The molecule has 0 radical (unpaired) electrons. The van der Waals surface area contributed by atoms with Crippen molar-refractivity contribution < 1.29 is 24.2 Å². The largest absolute Gasteiger partial charge is 0.508 e. The van der Waals surface area contributed by atoms with Crippen LogP contribution >= 0.6 is 47.8 Å². The maximum atomic E-state index is 12.9. The number of fused-ring (bicyclic) bond motifs is 3. The van der Waals surface area contributed by atoms with Crippen LogP contribution in [0, 0.1) is 13.8 Å². The van der Waals surface area contributed by atoms with Crippen molar-refractivity contribution in [2.75, 3.05) is 0 Å². The minimum Gasteiger partial charge on any atom is -0.508 e. The number of nitrogens with zero attached hydrogens (tertiary/aromatic N) is 3. The first kappa shape index (κ1) is 45.0. The number of aromatic hydroxyl groups is 1. The second-order valence-electron chi connectivity index (χ2n) is 11.7. The van der Waals surface area contributed by atoms with Gasteiger partial charge in [0.2, 0.25) is 0 Å². The molecule has 0 atom stereocenters. The van der Waals surface area contributed by atoms with Gasteiger partial charge in [0.1, 0.15) is 28.4 Å². The first-order valence-electron chi connectivity index (χ1n) is 15.9. The van der Waals surface area contributed by atoms with Crippen LogP contribution in [0.2, 0.25) is 0 Å². The quantitative estimate of drug-likeness (QED) is 0.0751. The zero-order valence-corrected chi connectivity index (χ0v) is 33.1. The summed E-state index contributed by atoms with van der Waals surface area (Å²) in [5, 5.41) is 12.4. The number of hydrogen-bond acceptors (Lipinski definition) is 8. The van der Waals surface area contributed by atoms with E-state index < -0.39 is 5.97 Å². The highest BCUT2D eigenvalue weighted by Gasteiger charge is 2.20. The number of phenols is 1. The summed E-state index contributed by atoms with van der Waals surface area (Å²) in [4.78, 5) is 58.3. The normalized spacial score (nSPS) is 10.2. The molecule has 0 aliphatic heterocycles. The van der Waals surface area contributed by atoms with Crippen molar-refractivity contribution in [2.24, 2.45) is 0 Å². The molecule has 0 fully saturated rings. The molecule has 14 heteroatoms. The Morgan fingerprint density at radius 3 is 1.64 bits per heavy atom. The summed E-state index contributed by atoms with van der Waals surface area (Å²) in [6.45, 7) is 4.82. The fourth-order valence-corrected chi connectivity index (χ4v) is 6.54. The number of aromatic nitrogens is 6. The highest BCUT2D eigenvalue weighted by molar-refractivity contribution is 9.11. The summed E-state index contributed by atoms with van der Waals surface area (Å²) >= 11 is 10.1. The van der Waals surface area contributed by atoms with Crippen molar-refractivity contribution >= 4 is 98.4 Å². The molecule has 0 aliphatic carbocycles. The molecular weight excluding hydrogens is 908 g/mol. The molecule has 6 heterocycles. The molecule has 0 saturated heterocycles. The summed E-state index contributed by atoms with van der Waals surface area (Å²) in [7, 11) is 0. The van der Waals surface area contributed by atoms with E-state index in [1.54, 1.807) is 81.2 Å². The van der Waals surface area contributed by atoms with E-state index in [9.17, 15) is 19.5 Å². The van der Waals surface area contributed by atoms with Gasteiger partial charge in [-0.2, -0.15) is 0 Å². The molecule has 6 aromatic heterocycles. The third kappa shape index (κ3) is 9.86. The van der Waals surface area contributed by atoms with E-state index in [2.05, 4.69) is 77.7 Å². The molecule has 0 unspecified atom stereocenters. The van der Waals surface area contributed by atoms with Crippen LogP contribution in [0.4, 0.5) is 0 Å². The highest BCUT2D eigenvalue weighted by atomic mass is 79.9. The van der Waals surface area contributed by atoms with Crippen molar-refractivity contribution in [1.82, 2.24) is 29.9 Å². The second kappa shape index (κ2) is 19.4. The number of ketones is 2. The van der Waals surface area contributed by atoms with E-state index in [4.69, 9.17) is 4.74 Å². The summed E-state index contributed by atoms with van der Waals surface area (Å²) in [6.07, 6.45) is 10.3. The molecule has 56 heavy (non-hydrogen) atoms. The Morgan fingerprint density at radius 2 is 1.11 bits per heavy atom. The number of benzene rings is 2. The molecule has 0 aliphatic rings. The van der Waals surface area contributed by atoms with Crippen molar-refractivity contribution in [1.29, 1.82) is 0 Å². The smallest absolute Gasteiger partial charge is 0.308 e. The number of pyridine rings is 3. The van der Waals surface area contributed by atoms with Crippen molar-refractivity contribution in [3.05, 3.63) is 145 Å². The summed E-state index contributed by atoms with van der Waals surface area (Å²) in [6, 6.07) is 17.7. The van der Waals surface area contributed by atoms with Gasteiger partial charge in [-0.05, 0) is 98.0 Å². The van der Waals surface area contributed by atoms with Gasteiger partial charge in [0.15, 0.2) is 11.6 Å². The third-order valence-corrected chi connectivity index (χ3v) is 9.48. The van der Waals surface area contributed by atoms with Gasteiger partial charge in [0.25, 0.3) is 0 Å². The van der Waals surface area contributed by atoms with E-state index in [1.165, 1.54) is 6.92 Å². The Morgan fingerprint density at radius 1 is 0.625 bits per heavy atom. The zero-order valence-electron chi connectivity index (χ0n) is 28.3. The van der Waals surface area contributed by atoms with Crippen LogP contribution in [0.1, 0.15) is 72.2 Å². The van der Waals surface area contributed by atoms with Gasteiger partial charge in [-0.1, -0.05) is 46.5 Å². The summed E-state index contributed by atoms with van der Waals surface area (Å²) < 4.78 is 7.76. The molecule has 2 aromatic carbocycles. The predicted molar refractivity (Wildman–Crippen MR) is 234 cm³/mol. The predicted octanol–water partition coefficient (Wildman–Crippen LogP) is 11.6. The number of carbonyl (C=O) groups excluding carboxylic acids is 3. The van der Waals surface area contributed by atoms with Crippen molar-refractivity contribution in [3.63, 3.8) is 0 Å². The lowest BCUT2D eigenvalue weighted by Crippen LogP contribution is -2.07. The van der Waals surface area contributed by atoms with E-state index in [0.29, 0.717) is 50.4 Å². The molecule has 0 bridgehead atoms. The molecule has 0 saturated carbocycles. The molecule has 4 N–H and O–H groups in total. The fourth-order valence-electron chi connectivity index (χ4n) is 5.53. The highest BCUT2D eigenvalue weighted by Crippen LogP contribution is 2.29. The number of rotatable bonds is 5. The van der Waals surface area contributed by atoms with Gasteiger partial charge in [-0.25, -0.2) is 15.0 Å². The number of esters is 1. The lowest BCUT2D eigenvalue weighted by atomic mass is 9.98. The number of aromatic amines is 3. The van der Waals surface area contributed by atoms with Crippen LogP contribution in [0.5, 0.6) is 11.5 Å².